The van der Waals surface area contributed by atoms with Gasteiger partial charge in [0.05, 0.1) is 16.1 Å². The molecule has 0 amide bonds. The number of nitrogens with zero attached hydrogens (tertiary/aromatic N) is 1. The van der Waals surface area contributed by atoms with Crippen molar-refractivity contribution in [2.45, 2.75) is 25.4 Å². The Morgan fingerprint density at radius 1 is 1.26 bits per heavy atom. The van der Waals surface area contributed by atoms with Gasteiger partial charge in [-0.15, -0.1) is 0 Å². The summed E-state index contributed by atoms with van der Waals surface area (Å²) in [4.78, 5) is 2.39. The standard InChI is InChI=1S/C14H20Br2N2O/c1-18-5-3-11(4-6-18)17-9-10-7-12(15)14(19-2)13(16)8-10/h7-8,11,17H,3-6,9H2,1-2H3. The number of halogens is 2. The molecular weight excluding hydrogens is 372 g/mol. The first-order valence-corrected chi connectivity index (χ1v) is 8.12. The summed E-state index contributed by atoms with van der Waals surface area (Å²) in [5, 5.41) is 3.64. The van der Waals surface area contributed by atoms with E-state index in [-0.39, 0.29) is 0 Å². The quantitative estimate of drug-likeness (QED) is 0.851. The number of likely N-dealkylation sites (tertiary alicyclic amines) is 1. The van der Waals surface area contributed by atoms with Gasteiger partial charge in [0.15, 0.2) is 0 Å². The van der Waals surface area contributed by atoms with Crippen LogP contribution in [0.1, 0.15) is 18.4 Å². The predicted octanol–water partition coefficient (Wildman–Crippen LogP) is 3.40. The van der Waals surface area contributed by atoms with Gasteiger partial charge >= 0.3 is 0 Å². The number of rotatable bonds is 4. The first-order chi connectivity index (χ1) is 9.10. The van der Waals surface area contributed by atoms with Crippen molar-refractivity contribution in [1.29, 1.82) is 0 Å². The summed E-state index contributed by atoms with van der Waals surface area (Å²) in [6, 6.07) is 4.87. The summed E-state index contributed by atoms with van der Waals surface area (Å²) in [6.07, 6.45) is 2.46. The summed E-state index contributed by atoms with van der Waals surface area (Å²) >= 11 is 7.09. The zero-order valence-electron chi connectivity index (χ0n) is 11.4. The van der Waals surface area contributed by atoms with Crippen LogP contribution < -0.4 is 10.1 Å². The van der Waals surface area contributed by atoms with Crippen LogP contribution in [0, 0.1) is 0 Å². The fourth-order valence-electron chi connectivity index (χ4n) is 2.38. The van der Waals surface area contributed by atoms with E-state index in [1.807, 2.05) is 0 Å². The van der Waals surface area contributed by atoms with E-state index >= 15 is 0 Å². The Morgan fingerprint density at radius 3 is 2.37 bits per heavy atom. The Labute approximate surface area is 132 Å². The number of nitrogens with one attached hydrogen (secondary N) is 1. The average Bonchev–Trinajstić information content (AvgIpc) is 2.38. The molecule has 1 fully saturated rings. The molecule has 0 radical (unpaired) electrons. The van der Waals surface area contributed by atoms with E-state index < -0.39 is 0 Å². The third-order valence-electron chi connectivity index (χ3n) is 3.58. The molecule has 2 rings (SSSR count). The van der Waals surface area contributed by atoms with Gasteiger partial charge in [0.25, 0.3) is 0 Å². The fraction of sp³-hybridized carbons (Fsp3) is 0.571. The lowest BCUT2D eigenvalue weighted by atomic mass is 10.1. The molecule has 0 unspecified atom stereocenters. The van der Waals surface area contributed by atoms with E-state index in [1.165, 1.54) is 31.5 Å². The fourth-order valence-corrected chi connectivity index (χ4v) is 3.99. The Balaban J connectivity index is 1.93. The second kappa shape index (κ2) is 7.07. The van der Waals surface area contributed by atoms with E-state index in [0.717, 1.165) is 21.2 Å². The first kappa shape index (κ1) is 15.3. The number of ether oxygens (including phenoxy) is 1. The second-order valence-electron chi connectivity index (χ2n) is 5.05. The van der Waals surface area contributed by atoms with E-state index in [9.17, 15) is 0 Å². The SMILES string of the molecule is COc1c(Br)cc(CNC2CCN(C)CC2)cc1Br. The van der Waals surface area contributed by atoms with Crippen LogP contribution in [-0.2, 0) is 6.54 Å². The second-order valence-corrected chi connectivity index (χ2v) is 6.76. The van der Waals surface area contributed by atoms with Gasteiger partial charge in [-0.2, -0.15) is 0 Å². The van der Waals surface area contributed by atoms with Crippen LogP contribution in [0.3, 0.4) is 0 Å². The highest BCUT2D eigenvalue weighted by atomic mass is 79.9. The Kier molecular flexibility index (Phi) is 5.69. The molecule has 0 saturated carbocycles. The monoisotopic (exact) mass is 390 g/mol. The molecule has 0 aliphatic carbocycles. The molecule has 1 saturated heterocycles. The summed E-state index contributed by atoms with van der Waals surface area (Å²) in [7, 11) is 3.87. The van der Waals surface area contributed by atoms with Crippen molar-refractivity contribution in [2.24, 2.45) is 0 Å². The number of piperidine rings is 1. The summed E-state index contributed by atoms with van der Waals surface area (Å²) in [6.45, 7) is 3.27. The number of hydrogen-bond acceptors (Lipinski definition) is 3. The van der Waals surface area contributed by atoms with Gasteiger partial charge in [0.1, 0.15) is 5.75 Å². The molecule has 3 nitrogen and oxygen atoms in total. The van der Waals surface area contributed by atoms with Crippen molar-refractivity contribution in [2.75, 3.05) is 27.2 Å². The van der Waals surface area contributed by atoms with Crippen LogP contribution in [0.25, 0.3) is 0 Å². The van der Waals surface area contributed by atoms with Crippen molar-refractivity contribution in [3.8, 4) is 5.75 Å². The van der Waals surface area contributed by atoms with Crippen molar-refractivity contribution < 1.29 is 4.74 Å². The van der Waals surface area contributed by atoms with Crippen molar-refractivity contribution in [1.82, 2.24) is 10.2 Å². The summed E-state index contributed by atoms with van der Waals surface area (Å²) in [5.74, 6) is 0.850. The molecule has 1 N–H and O–H groups in total. The molecule has 0 atom stereocenters. The van der Waals surface area contributed by atoms with Crippen LogP contribution in [0.5, 0.6) is 5.75 Å². The molecule has 1 heterocycles. The minimum Gasteiger partial charge on any atom is -0.494 e. The molecule has 1 aromatic carbocycles. The van der Waals surface area contributed by atoms with Gasteiger partial charge in [-0.25, -0.2) is 0 Å². The number of benzene rings is 1. The normalized spacial score (nSPS) is 17.7. The lowest BCUT2D eigenvalue weighted by Gasteiger charge is -2.29. The Morgan fingerprint density at radius 2 is 1.84 bits per heavy atom. The number of hydrogen-bond donors (Lipinski definition) is 1. The molecule has 1 aliphatic heterocycles. The largest absolute Gasteiger partial charge is 0.494 e. The van der Waals surface area contributed by atoms with Crippen molar-refractivity contribution in [3.05, 3.63) is 26.6 Å². The summed E-state index contributed by atoms with van der Waals surface area (Å²) in [5.41, 5.74) is 1.26. The average molecular weight is 392 g/mol. The number of methoxy groups -OCH3 is 1. The van der Waals surface area contributed by atoms with Gasteiger partial charge in [0.2, 0.25) is 0 Å². The molecule has 19 heavy (non-hydrogen) atoms. The van der Waals surface area contributed by atoms with Crippen LogP contribution >= 0.6 is 31.9 Å². The lowest BCUT2D eigenvalue weighted by molar-refractivity contribution is 0.234. The van der Waals surface area contributed by atoms with Gasteiger partial charge in [-0.1, -0.05) is 0 Å². The summed E-state index contributed by atoms with van der Waals surface area (Å²) < 4.78 is 7.30. The Bertz CT molecular complexity index is 408. The maximum Gasteiger partial charge on any atom is 0.147 e. The van der Waals surface area contributed by atoms with Gasteiger partial charge < -0.3 is 15.0 Å². The van der Waals surface area contributed by atoms with Crippen LogP contribution in [0.2, 0.25) is 0 Å². The van der Waals surface area contributed by atoms with Crippen molar-refractivity contribution in [3.63, 3.8) is 0 Å². The molecule has 0 aromatic heterocycles. The highest BCUT2D eigenvalue weighted by Crippen LogP contribution is 2.34. The zero-order valence-corrected chi connectivity index (χ0v) is 14.6. The minimum absolute atomic E-state index is 0.635. The van der Waals surface area contributed by atoms with Crippen molar-refractivity contribution >= 4 is 31.9 Å². The minimum atomic E-state index is 0.635. The maximum absolute atomic E-state index is 5.32. The van der Waals surface area contributed by atoms with E-state index in [0.29, 0.717) is 6.04 Å². The van der Waals surface area contributed by atoms with Crippen LogP contribution in [0.15, 0.2) is 21.1 Å². The maximum atomic E-state index is 5.32. The van der Waals surface area contributed by atoms with E-state index in [4.69, 9.17) is 4.74 Å². The smallest absolute Gasteiger partial charge is 0.147 e. The molecule has 0 spiro atoms. The van der Waals surface area contributed by atoms with Gasteiger partial charge in [0, 0.05) is 12.6 Å². The van der Waals surface area contributed by atoms with E-state index in [1.54, 1.807) is 7.11 Å². The highest BCUT2D eigenvalue weighted by Gasteiger charge is 2.16. The lowest BCUT2D eigenvalue weighted by Crippen LogP contribution is -2.40. The molecule has 1 aliphatic rings. The third kappa shape index (κ3) is 4.18. The topological polar surface area (TPSA) is 24.5 Å². The van der Waals surface area contributed by atoms with Gasteiger partial charge in [-0.05, 0) is 82.5 Å². The Hall–Kier alpha value is -0.100. The van der Waals surface area contributed by atoms with Crippen LogP contribution in [0.4, 0.5) is 0 Å². The van der Waals surface area contributed by atoms with E-state index in [2.05, 4.69) is 61.3 Å². The zero-order chi connectivity index (χ0) is 13.8. The molecule has 0 bridgehead atoms. The van der Waals surface area contributed by atoms with Gasteiger partial charge in [-0.3, -0.25) is 0 Å². The molecule has 1 aromatic rings. The third-order valence-corrected chi connectivity index (χ3v) is 4.75. The first-order valence-electron chi connectivity index (χ1n) is 6.54. The molecule has 5 heteroatoms. The highest BCUT2D eigenvalue weighted by molar-refractivity contribution is 9.11. The van der Waals surface area contributed by atoms with Crippen LogP contribution in [-0.4, -0.2) is 38.2 Å². The predicted molar refractivity (Wildman–Crippen MR) is 85.8 cm³/mol. The molecular formula is C14H20Br2N2O. The molecule has 106 valence electrons.